The predicted molar refractivity (Wildman–Crippen MR) is 86.6 cm³/mol. The molecule has 1 amide bonds. The molecule has 0 fully saturated rings. The molecule has 3 rings (SSSR count). The molecule has 1 atom stereocenters. The van der Waals surface area contributed by atoms with Crippen molar-refractivity contribution in [3.05, 3.63) is 32.9 Å². The Morgan fingerprint density at radius 2 is 2.33 bits per heavy atom. The number of H-pyrrole nitrogens is 1. The predicted octanol–water partition coefficient (Wildman–Crippen LogP) is 3.50. The van der Waals surface area contributed by atoms with Crippen molar-refractivity contribution >= 4 is 44.3 Å². The highest BCUT2D eigenvalue weighted by Gasteiger charge is 2.29. The van der Waals surface area contributed by atoms with E-state index >= 15 is 0 Å². The molecule has 0 aliphatic carbocycles. The lowest BCUT2D eigenvalue weighted by molar-refractivity contribution is -0.138. The Labute approximate surface area is 136 Å². The van der Waals surface area contributed by atoms with Crippen molar-refractivity contribution in [1.82, 2.24) is 9.88 Å². The van der Waals surface area contributed by atoms with Gasteiger partial charge in [0.2, 0.25) is 5.91 Å². The van der Waals surface area contributed by atoms with Gasteiger partial charge in [-0.25, -0.2) is 0 Å². The number of nitrogens with one attached hydrogen (secondary N) is 1. The van der Waals surface area contributed by atoms with Crippen LogP contribution >= 0.6 is 27.5 Å². The minimum atomic E-state index is 0.0215. The monoisotopic (exact) mass is 370 g/mol. The first-order valence-electron chi connectivity index (χ1n) is 6.78. The first-order chi connectivity index (χ1) is 10.0. The van der Waals surface area contributed by atoms with Gasteiger partial charge in [-0.05, 0) is 28.9 Å². The van der Waals surface area contributed by atoms with E-state index in [0.29, 0.717) is 11.6 Å². The van der Waals surface area contributed by atoms with Gasteiger partial charge < -0.3 is 14.6 Å². The van der Waals surface area contributed by atoms with Gasteiger partial charge in [0.15, 0.2) is 0 Å². The summed E-state index contributed by atoms with van der Waals surface area (Å²) >= 11 is 9.80. The van der Waals surface area contributed by atoms with E-state index in [1.54, 1.807) is 7.11 Å². The highest BCUT2D eigenvalue weighted by atomic mass is 79.9. The van der Waals surface area contributed by atoms with Gasteiger partial charge in [-0.3, -0.25) is 4.79 Å². The minimum absolute atomic E-state index is 0.0215. The molecule has 0 unspecified atom stereocenters. The molecular formula is C15H16BrClN2O2. The van der Waals surface area contributed by atoms with Gasteiger partial charge in [0.1, 0.15) is 6.61 Å². The van der Waals surface area contributed by atoms with E-state index in [1.807, 2.05) is 17.0 Å². The second-order valence-electron chi connectivity index (χ2n) is 5.37. The summed E-state index contributed by atoms with van der Waals surface area (Å²) in [5.41, 5.74) is 3.25. The van der Waals surface area contributed by atoms with Crippen molar-refractivity contribution in [3.8, 4) is 0 Å². The smallest absolute Gasteiger partial charge is 0.249 e. The van der Waals surface area contributed by atoms with Crippen LogP contribution < -0.4 is 0 Å². The average Bonchev–Trinajstić information content (AvgIpc) is 2.80. The zero-order valence-corrected chi connectivity index (χ0v) is 14.2. The number of halogens is 2. The van der Waals surface area contributed by atoms with Gasteiger partial charge in [-0.1, -0.05) is 17.7 Å². The van der Waals surface area contributed by atoms with E-state index in [4.69, 9.17) is 16.3 Å². The summed E-state index contributed by atoms with van der Waals surface area (Å²) in [4.78, 5) is 17.4. The highest BCUT2D eigenvalue weighted by molar-refractivity contribution is 9.10. The van der Waals surface area contributed by atoms with Crippen LogP contribution in [0.4, 0.5) is 0 Å². The average molecular weight is 372 g/mol. The first-order valence-corrected chi connectivity index (χ1v) is 7.95. The maximum atomic E-state index is 12.2. The molecule has 1 N–H and O–H groups in total. The van der Waals surface area contributed by atoms with Gasteiger partial charge in [-0.15, -0.1) is 0 Å². The van der Waals surface area contributed by atoms with Crippen molar-refractivity contribution in [3.63, 3.8) is 0 Å². The number of aromatic amines is 1. The summed E-state index contributed by atoms with van der Waals surface area (Å²) < 4.78 is 5.84. The number of aromatic nitrogens is 1. The molecule has 2 heterocycles. The molecule has 0 bridgehead atoms. The lowest BCUT2D eigenvalue weighted by atomic mass is 9.99. The molecule has 21 heavy (non-hydrogen) atoms. The molecule has 112 valence electrons. The number of fused-ring (bicyclic) bond motifs is 3. The molecule has 1 aromatic carbocycles. The van der Waals surface area contributed by atoms with E-state index < -0.39 is 0 Å². The fourth-order valence-corrected chi connectivity index (χ4v) is 3.48. The number of amides is 1. The summed E-state index contributed by atoms with van der Waals surface area (Å²) in [6.07, 6.45) is 0.799. The number of hydrogen-bond acceptors (Lipinski definition) is 2. The van der Waals surface area contributed by atoms with Crippen LogP contribution in [0.2, 0.25) is 5.02 Å². The van der Waals surface area contributed by atoms with Crippen molar-refractivity contribution in [1.29, 1.82) is 0 Å². The third-order valence-electron chi connectivity index (χ3n) is 4.01. The Morgan fingerprint density at radius 3 is 3.05 bits per heavy atom. The van der Waals surface area contributed by atoms with Crippen molar-refractivity contribution in [2.75, 3.05) is 13.7 Å². The molecule has 1 aromatic heterocycles. The molecule has 0 spiro atoms. The number of nitrogens with zero attached hydrogens (tertiary/aromatic N) is 1. The molecule has 1 aliphatic rings. The first kappa shape index (κ1) is 14.9. The fourth-order valence-electron chi connectivity index (χ4n) is 2.94. The third kappa shape index (κ3) is 2.47. The van der Waals surface area contributed by atoms with E-state index in [0.717, 1.165) is 27.4 Å². The zero-order chi connectivity index (χ0) is 15.1. The summed E-state index contributed by atoms with van der Waals surface area (Å²) in [7, 11) is 1.54. The Bertz CT molecular complexity index is 713. The molecular weight excluding hydrogens is 356 g/mol. The van der Waals surface area contributed by atoms with E-state index in [9.17, 15) is 4.79 Å². The second-order valence-corrected chi connectivity index (χ2v) is 6.61. The Morgan fingerprint density at radius 1 is 1.57 bits per heavy atom. The van der Waals surface area contributed by atoms with Crippen LogP contribution in [-0.2, 0) is 22.5 Å². The van der Waals surface area contributed by atoms with Gasteiger partial charge in [0, 0.05) is 47.2 Å². The third-order valence-corrected chi connectivity index (χ3v) is 5.29. The molecule has 0 saturated carbocycles. The van der Waals surface area contributed by atoms with E-state index in [-0.39, 0.29) is 18.6 Å². The summed E-state index contributed by atoms with van der Waals surface area (Å²) in [6, 6.07) is 4.13. The highest BCUT2D eigenvalue weighted by Crippen LogP contribution is 2.36. The number of carbonyl (C=O) groups excluding carboxylic acids is 1. The topological polar surface area (TPSA) is 45.3 Å². The van der Waals surface area contributed by atoms with Crippen LogP contribution in [0.25, 0.3) is 10.9 Å². The van der Waals surface area contributed by atoms with Gasteiger partial charge in [-0.2, -0.15) is 0 Å². The Kier molecular flexibility index (Phi) is 3.99. The van der Waals surface area contributed by atoms with Crippen LogP contribution in [0.5, 0.6) is 0 Å². The number of rotatable bonds is 2. The van der Waals surface area contributed by atoms with Gasteiger partial charge in [0.25, 0.3) is 0 Å². The Hall–Kier alpha value is -1.04. The van der Waals surface area contributed by atoms with Gasteiger partial charge >= 0.3 is 0 Å². The maximum absolute atomic E-state index is 12.2. The van der Waals surface area contributed by atoms with Crippen molar-refractivity contribution in [2.24, 2.45) is 0 Å². The van der Waals surface area contributed by atoms with Crippen LogP contribution in [0.15, 0.2) is 16.6 Å². The van der Waals surface area contributed by atoms with Gasteiger partial charge in [0.05, 0.1) is 10.5 Å². The van der Waals surface area contributed by atoms with Crippen LogP contribution in [0, 0.1) is 0 Å². The zero-order valence-electron chi connectivity index (χ0n) is 11.9. The Balaban J connectivity index is 2.05. The normalized spacial score (nSPS) is 18.1. The number of carbonyl (C=O) groups is 1. The second kappa shape index (κ2) is 5.63. The number of benzene rings is 1. The van der Waals surface area contributed by atoms with Crippen molar-refractivity contribution < 1.29 is 9.53 Å². The lowest BCUT2D eigenvalue weighted by Gasteiger charge is -2.33. The number of hydrogen-bond donors (Lipinski definition) is 1. The molecule has 0 saturated heterocycles. The SMILES string of the molecule is COCC(=O)N1Cc2c([nH]c3c(Cl)c(Br)ccc23)C[C@H]1C. The van der Waals surface area contributed by atoms with Crippen molar-refractivity contribution in [2.45, 2.75) is 25.9 Å². The number of ether oxygens (including phenoxy) is 1. The molecule has 1 aliphatic heterocycles. The molecule has 2 aromatic rings. The number of methoxy groups -OCH3 is 1. The summed E-state index contributed by atoms with van der Waals surface area (Å²) in [6.45, 7) is 2.77. The van der Waals surface area contributed by atoms with E-state index in [1.165, 1.54) is 5.69 Å². The quantitative estimate of drug-likeness (QED) is 0.878. The fraction of sp³-hybridized carbons (Fsp3) is 0.400. The minimum Gasteiger partial charge on any atom is -0.375 e. The van der Waals surface area contributed by atoms with E-state index in [2.05, 4.69) is 27.8 Å². The van der Waals surface area contributed by atoms with Crippen LogP contribution in [0.3, 0.4) is 0 Å². The van der Waals surface area contributed by atoms with Crippen LogP contribution in [0.1, 0.15) is 18.2 Å². The maximum Gasteiger partial charge on any atom is 0.249 e. The largest absolute Gasteiger partial charge is 0.375 e. The molecule has 0 radical (unpaired) electrons. The molecule has 4 nitrogen and oxygen atoms in total. The molecule has 6 heteroatoms. The standard InChI is InChI=1S/C15H16BrClN2O2/c1-8-5-12-10(6-19(8)13(20)7-21-2)9-3-4-11(16)14(17)15(9)18-12/h3-4,8,18H,5-7H2,1-2H3/t8-/m1/s1. The van der Waals surface area contributed by atoms with Crippen LogP contribution in [-0.4, -0.2) is 35.5 Å². The summed E-state index contributed by atoms with van der Waals surface area (Å²) in [5, 5.41) is 1.77. The summed E-state index contributed by atoms with van der Waals surface area (Å²) in [5.74, 6) is 0.0215. The lowest BCUT2D eigenvalue weighted by Crippen LogP contribution is -2.44.